The molecule has 0 aliphatic rings. The van der Waals surface area contributed by atoms with E-state index in [0.717, 1.165) is 44.9 Å². The maximum absolute atomic E-state index is 4.59. The molecule has 0 saturated carbocycles. The van der Waals surface area contributed by atoms with Gasteiger partial charge in [0.25, 0.3) is 0 Å². The molecule has 8 nitrogen and oxygen atoms in total. The lowest BCUT2D eigenvalue weighted by Crippen LogP contribution is -2.03. The molecule has 0 aliphatic heterocycles. The Balaban J connectivity index is 1.52. The van der Waals surface area contributed by atoms with Crippen molar-refractivity contribution in [1.29, 1.82) is 0 Å². The van der Waals surface area contributed by atoms with Crippen LogP contribution in [0.25, 0.3) is 27.7 Å². The molecule has 4 aromatic heterocycles. The van der Waals surface area contributed by atoms with Crippen molar-refractivity contribution in [3.63, 3.8) is 0 Å². The second-order valence-corrected chi connectivity index (χ2v) is 6.69. The minimum Gasteiger partial charge on any atom is -0.372 e. The Morgan fingerprint density at radius 1 is 1.00 bits per heavy atom. The van der Waals surface area contributed by atoms with Crippen LogP contribution in [0.4, 0.5) is 5.82 Å². The van der Waals surface area contributed by atoms with Gasteiger partial charge in [-0.15, -0.1) is 15.3 Å². The lowest BCUT2D eigenvalue weighted by Gasteiger charge is -2.05. The van der Waals surface area contributed by atoms with E-state index in [4.69, 9.17) is 0 Å². The van der Waals surface area contributed by atoms with E-state index in [1.165, 1.54) is 0 Å². The topological polar surface area (TPSA) is 85.8 Å². The van der Waals surface area contributed by atoms with Crippen molar-refractivity contribution in [1.82, 2.24) is 34.6 Å². The van der Waals surface area contributed by atoms with Crippen LogP contribution in [0, 0.1) is 0 Å². The van der Waals surface area contributed by atoms with Gasteiger partial charge in [0.1, 0.15) is 5.82 Å². The van der Waals surface area contributed by atoms with E-state index in [2.05, 4.69) is 48.9 Å². The molecule has 4 heterocycles. The molecule has 5 aromatic rings. The lowest BCUT2D eigenvalue weighted by atomic mass is 10.0. The summed E-state index contributed by atoms with van der Waals surface area (Å²) in [5.74, 6) is 1.57. The van der Waals surface area contributed by atoms with Gasteiger partial charge < -0.3 is 5.32 Å². The molecule has 0 fully saturated rings. The van der Waals surface area contributed by atoms with Gasteiger partial charge in [-0.25, -0.2) is 0 Å². The van der Waals surface area contributed by atoms with Crippen molar-refractivity contribution in [3.05, 3.63) is 66.4 Å². The highest BCUT2D eigenvalue weighted by Gasteiger charge is 2.10. The molecule has 28 heavy (non-hydrogen) atoms. The number of hydrogen-bond donors (Lipinski definition) is 1. The normalized spacial score (nSPS) is 11.4. The first-order valence-electron chi connectivity index (χ1n) is 8.96. The fourth-order valence-corrected chi connectivity index (χ4v) is 3.28. The number of anilines is 1. The molecule has 0 bridgehead atoms. The molecular formula is C20H18N8. The zero-order valence-corrected chi connectivity index (χ0v) is 15.5. The SMILES string of the molecule is CNc1ccc2nnc(Cc3ccc4ncc(-c5cnn(C)c5)cc4c3)n2n1. The van der Waals surface area contributed by atoms with Crippen molar-refractivity contribution in [2.45, 2.75) is 6.42 Å². The predicted octanol–water partition coefficient (Wildman–Crippen LogP) is 2.71. The Labute approximate surface area is 160 Å². The second-order valence-electron chi connectivity index (χ2n) is 6.69. The third kappa shape index (κ3) is 2.84. The van der Waals surface area contributed by atoms with Gasteiger partial charge in [-0.1, -0.05) is 6.07 Å². The maximum Gasteiger partial charge on any atom is 0.178 e. The highest BCUT2D eigenvalue weighted by molar-refractivity contribution is 5.84. The molecule has 0 atom stereocenters. The molecule has 0 radical (unpaired) electrons. The van der Waals surface area contributed by atoms with Crippen LogP contribution in [-0.4, -0.2) is 41.6 Å². The van der Waals surface area contributed by atoms with Crippen LogP contribution >= 0.6 is 0 Å². The van der Waals surface area contributed by atoms with Gasteiger partial charge in [-0.3, -0.25) is 9.67 Å². The van der Waals surface area contributed by atoms with Crippen LogP contribution < -0.4 is 5.32 Å². The van der Waals surface area contributed by atoms with Crippen molar-refractivity contribution in [3.8, 4) is 11.1 Å². The summed E-state index contributed by atoms with van der Waals surface area (Å²) in [6.45, 7) is 0. The lowest BCUT2D eigenvalue weighted by molar-refractivity contribution is 0.768. The van der Waals surface area contributed by atoms with Crippen LogP contribution in [-0.2, 0) is 13.5 Å². The number of nitrogens with zero attached hydrogens (tertiary/aromatic N) is 7. The van der Waals surface area contributed by atoms with E-state index in [1.54, 1.807) is 9.20 Å². The summed E-state index contributed by atoms with van der Waals surface area (Å²) in [5, 5.41) is 21.4. The molecule has 0 unspecified atom stereocenters. The summed E-state index contributed by atoms with van der Waals surface area (Å²) in [4.78, 5) is 4.59. The molecule has 1 N–H and O–H groups in total. The van der Waals surface area contributed by atoms with Crippen LogP contribution in [0.15, 0.2) is 55.0 Å². The van der Waals surface area contributed by atoms with Crippen LogP contribution in [0.1, 0.15) is 11.4 Å². The fourth-order valence-electron chi connectivity index (χ4n) is 3.28. The smallest absolute Gasteiger partial charge is 0.178 e. The Morgan fingerprint density at radius 2 is 1.93 bits per heavy atom. The number of rotatable bonds is 4. The molecule has 138 valence electrons. The monoisotopic (exact) mass is 370 g/mol. The van der Waals surface area contributed by atoms with E-state index < -0.39 is 0 Å². The molecule has 1 aromatic carbocycles. The van der Waals surface area contributed by atoms with Crippen molar-refractivity contribution in [2.24, 2.45) is 7.05 Å². The van der Waals surface area contributed by atoms with Gasteiger partial charge >= 0.3 is 0 Å². The third-order valence-electron chi connectivity index (χ3n) is 4.73. The summed E-state index contributed by atoms with van der Waals surface area (Å²) < 4.78 is 3.57. The van der Waals surface area contributed by atoms with Gasteiger partial charge in [0.15, 0.2) is 11.5 Å². The zero-order chi connectivity index (χ0) is 19.1. The number of pyridine rings is 1. The van der Waals surface area contributed by atoms with Crippen LogP contribution in [0.2, 0.25) is 0 Å². The van der Waals surface area contributed by atoms with Crippen LogP contribution in [0.3, 0.4) is 0 Å². The van der Waals surface area contributed by atoms with Crippen LogP contribution in [0.5, 0.6) is 0 Å². The zero-order valence-electron chi connectivity index (χ0n) is 15.5. The predicted molar refractivity (Wildman–Crippen MR) is 107 cm³/mol. The summed E-state index contributed by atoms with van der Waals surface area (Å²) >= 11 is 0. The van der Waals surface area contributed by atoms with E-state index in [9.17, 15) is 0 Å². The average Bonchev–Trinajstić information content (AvgIpc) is 3.33. The molecule has 0 spiro atoms. The minimum atomic E-state index is 0.633. The number of hydrogen-bond acceptors (Lipinski definition) is 6. The molecular weight excluding hydrogens is 352 g/mol. The standard InChI is InChI=1S/C20H18N8/c1-21-18-5-6-19-24-25-20(28(19)26-18)8-13-3-4-17-14(7-13)9-15(10-22-17)16-11-23-27(2)12-16/h3-7,9-12H,8H2,1-2H3,(H,21,26). The maximum atomic E-state index is 4.59. The Kier molecular flexibility index (Phi) is 3.75. The average molecular weight is 370 g/mol. The van der Waals surface area contributed by atoms with E-state index in [1.807, 2.05) is 50.9 Å². The molecule has 5 rings (SSSR count). The quantitative estimate of drug-likeness (QED) is 0.523. The number of nitrogens with one attached hydrogen (secondary N) is 1. The van der Waals surface area contributed by atoms with Crippen molar-refractivity contribution < 1.29 is 0 Å². The third-order valence-corrected chi connectivity index (χ3v) is 4.73. The first-order chi connectivity index (χ1) is 13.7. The summed E-state index contributed by atoms with van der Waals surface area (Å²) in [7, 11) is 3.75. The van der Waals surface area contributed by atoms with Gasteiger partial charge in [-0.2, -0.15) is 9.61 Å². The Hall–Kier alpha value is -3.81. The number of benzene rings is 1. The molecule has 0 amide bonds. The first kappa shape index (κ1) is 16.4. The van der Waals surface area contributed by atoms with Crippen molar-refractivity contribution >= 4 is 22.4 Å². The highest BCUT2D eigenvalue weighted by Crippen LogP contribution is 2.23. The summed E-state index contributed by atoms with van der Waals surface area (Å²) in [6.07, 6.45) is 6.35. The molecule has 8 heteroatoms. The Morgan fingerprint density at radius 3 is 2.75 bits per heavy atom. The van der Waals surface area contributed by atoms with E-state index in [0.29, 0.717) is 6.42 Å². The van der Waals surface area contributed by atoms with Gasteiger partial charge in [-0.05, 0) is 35.9 Å². The van der Waals surface area contributed by atoms with Gasteiger partial charge in [0.05, 0.1) is 11.7 Å². The summed E-state index contributed by atoms with van der Waals surface area (Å²) in [5.41, 5.74) is 4.91. The van der Waals surface area contributed by atoms with Crippen molar-refractivity contribution in [2.75, 3.05) is 12.4 Å². The Bertz CT molecular complexity index is 1300. The largest absolute Gasteiger partial charge is 0.372 e. The first-order valence-corrected chi connectivity index (χ1v) is 8.96. The molecule has 0 saturated heterocycles. The summed E-state index contributed by atoms with van der Waals surface area (Å²) in [6, 6.07) is 12.2. The second kappa shape index (κ2) is 6.41. The van der Waals surface area contributed by atoms with Gasteiger partial charge in [0, 0.05) is 49.4 Å². The number of fused-ring (bicyclic) bond motifs is 2. The number of aromatic nitrogens is 7. The van der Waals surface area contributed by atoms with E-state index in [-0.39, 0.29) is 0 Å². The number of aryl methyl sites for hydroxylation is 1. The molecule has 0 aliphatic carbocycles. The van der Waals surface area contributed by atoms with Gasteiger partial charge in [0.2, 0.25) is 0 Å². The minimum absolute atomic E-state index is 0.633. The van der Waals surface area contributed by atoms with E-state index >= 15 is 0 Å². The highest BCUT2D eigenvalue weighted by atomic mass is 15.4. The fraction of sp³-hybridized carbons (Fsp3) is 0.150.